The van der Waals surface area contributed by atoms with E-state index in [1.807, 2.05) is 43.3 Å². The molecule has 2 heterocycles. The highest BCUT2D eigenvalue weighted by atomic mass is 16.7. The predicted molar refractivity (Wildman–Crippen MR) is 98.5 cm³/mol. The van der Waals surface area contributed by atoms with E-state index in [4.69, 9.17) is 18.9 Å². The molecule has 1 amide bonds. The zero-order chi connectivity index (χ0) is 18.6. The second kappa shape index (κ2) is 7.57. The summed E-state index contributed by atoms with van der Waals surface area (Å²) in [4.78, 5) is 12.3. The molecule has 2 aromatic carbocycles. The van der Waals surface area contributed by atoms with Crippen LogP contribution in [0.25, 0.3) is 0 Å². The van der Waals surface area contributed by atoms with E-state index < -0.39 is 6.10 Å². The molecular weight excluding hydrogens is 348 g/mol. The number of aryl methyl sites for hydroxylation is 1. The molecule has 0 saturated carbocycles. The number of hydrogen-bond donors (Lipinski definition) is 1. The Kier molecular flexibility index (Phi) is 4.82. The van der Waals surface area contributed by atoms with Gasteiger partial charge in [-0.1, -0.05) is 18.2 Å². The number of carbonyl (C=O) groups excluding carboxylic acids is 1. The number of amides is 1. The molecule has 2 aliphatic heterocycles. The Hall–Kier alpha value is -3.22. The first-order chi connectivity index (χ1) is 13.2. The average molecular weight is 368 g/mol. The van der Waals surface area contributed by atoms with Crippen LogP contribution in [0.4, 0.5) is 0 Å². The molecule has 0 fully saturated rings. The van der Waals surface area contributed by atoms with Gasteiger partial charge in [0.15, 0.2) is 23.0 Å². The van der Waals surface area contributed by atoms with Gasteiger partial charge in [-0.3, -0.25) is 4.79 Å². The summed E-state index contributed by atoms with van der Waals surface area (Å²) in [6.45, 7) is 2.30. The number of rotatable bonds is 5. The molecular formula is C20H20N2O5. The van der Waals surface area contributed by atoms with E-state index in [1.54, 1.807) is 6.07 Å². The Morgan fingerprint density at radius 3 is 2.74 bits per heavy atom. The summed E-state index contributed by atoms with van der Waals surface area (Å²) in [5.41, 5.74) is 4.50. The van der Waals surface area contributed by atoms with Crippen LogP contribution in [0.3, 0.4) is 0 Å². The summed E-state index contributed by atoms with van der Waals surface area (Å²) in [6.07, 6.45) is 0.786. The van der Waals surface area contributed by atoms with E-state index in [-0.39, 0.29) is 19.3 Å². The van der Waals surface area contributed by atoms with Crippen molar-refractivity contribution in [3.8, 4) is 23.0 Å². The van der Waals surface area contributed by atoms with Crippen molar-refractivity contribution in [3.05, 3.63) is 48.0 Å². The van der Waals surface area contributed by atoms with E-state index in [2.05, 4.69) is 10.5 Å². The predicted octanol–water partition coefficient (Wildman–Crippen LogP) is 2.68. The SMILES string of the molecule is C/C(CCc1ccc2c(c1)OCO2)=N\NC(=O)C1COc2ccccc2O1. The van der Waals surface area contributed by atoms with Gasteiger partial charge in [-0.2, -0.15) is 5.10 Å². The van der Waals surface area contributed by atoms with Crippen molar-refractivity contribution >= 4 is 11.6 Å². The van der Waals surface area contributed by atoms with Gasteiger partial charge >= 0.3 is 0 Å². The highest BCUT2D eigenvalue weighted by Gasteiger charge is 2.27. The van der Waals surface area contributed by atoms with Crippen molar-refractivity contribution in [2.75, 3.05) is 13.4 Å². The Morgan fingerprint density at radius 2 is 1.85 bits per heavy atom. The number of ether oxygens (including phenoxy) is 4. The van der Waals surface area contributed by atoms with E-state index >= 15 is 0 Å². The Bertz CT molecular complexity index is 880. The van der Waals surface area contributed by atoms with Crippen LogP contribution in [-0.2, 0) is 11.2 Å². The number of nitrogens with zero attached hydrogens (tertiary/aromatic N) is 1. The minimum Gasteiger partial charge on any atom is -0.485 e. The first kappa shape index (κ1) is 17.2. The zero-order valence-corrected chi connectivity index (χ0v) is 14.9. The fourth-order valence-electron chi connectivity index (χ4n) is 2.85. The lowest BCUT2D eigenvalue weighted by molar-refractivity contribution is -0.130. The second-order valence-electron chi connectivity index (χ2n) is 6.37. The molecule has 4 rings (SSSR count). The summed E-state index contributed by atoms with van der Waals surface area (Å²) >= 11 is 0. The first-order valence-corrected chi connectivity index (χ1v) is 8.79. The van der Waals surface area contributed by atoms with Crippen molar-refractivity contribution in [2.45, 2.75) is 25.9 Å². The number of hydrazone groups is 1. The first-order valence-electron chi connectivity index (χ1n) is 8.79. The number of para-hydroxylation sites is 2. The summed E-state index contributed by atoms with van der Waals surface area (Å²) in [5, 5.41) is 4.17. The molecule has 0 aliphatic carbocycles. The summed E-state index contributed by atoms with van der Waals surface area (Å²) in [5.74, 6) is 2.42. The third kappa shape index (κ3) is 3.97. The maximum atomic E-state index is 12.3. The molecule has 27 heavy (non-hydrogen) atoms. The van der Waals surface area contributed by atoms with Gasteiger partial charge in [0.1, 0.15) is 6.61 Å². The molecule has 2 aliphatic rings. The lowest BCUT2D eigenvalue weighted by atomic mass is 10.1. The monoisotopic (exact) mass is 368 g/mol. The molecule has 0 aromatic heterocycles. The van der Waals surface area contributed by atoms with Gasteiger partial charge in [0.05, 0.1) is 0 Å². The summed E-state index contributed by atoms with van der Waals surface area (Å²) in [7, 11) is 0. The lowest BCUT2D eigenvalue weighted by Gasteiger charge is -2.24. The maximum absolute atomic E-state index is 12.3. The molecule has 7 nitrogen and oxygen atoms in total. The quantitative estimate of drug-likeness (QED) is 0.648. The van der Waals surface area contributed by atoms with Crippen LogP contribution in [0.15, 0.2) is 47.6 Å². The zero-order valence-electron chi connectivity index (χ0n) is 14.9. The number of benzene rings is 2. The molecule has 0 bridgehead atoms. The van der Waals surface area contributed by atoms with Gasteiger partial charge in [0, 0.05) is 5.71 Å². The average Bonchev–Trinajstić information content (AvgIpc) is 3.18. The van der Waals surface area contributed by atoms with E-state index in [9.17, 15) is 4.79 Å². The molecule has 7 heteroatoms. The topological polar surface area (TPSA) is 78.4 Å². The van der Waals surface area contributed by atoms with Crippen molar-refractivity contribution in [2.24, 2.45) is 5.10 Å². The third-order valence-corrected chi connectivity index (χ3v) is 4.37. The Balaban J connectivity index is 1.28. The van der Waals surface area contributed by atoms with Gasteiger partial charge in [0.2, 0.25) is 12.9 Å². The van der Waals surface area contributed by atoms with Crippen molar-refractivity contribution in [1.29, 1.82) is 0 Å². The Labute approximate surface area is 156 Å². The third-order valence-electron chi connectivity index (χ3n) is 4.37. The normalized spacial score (nSPS) is 17.5. The summed E-state index contributed by atoms with van der Waals surface area (Å²) in [6, 6.07) is 13.2. The highest BCUT2D eigenvalue weighted by Crippen LogP contribution is 2.33. The van der Waals surface area contributed by atoms with Crippen LogP contribution < -0.4 is 24.4 Å². The number of fused-ring (bicyclic) bond motifs is 2. The highest BCUT2D eigenvalue weighted by molar-refractivity contribution is 5.86. The lowest BCUT2D eigenvalue weighted by Crippen LogP contribution is -2.42. The number of nitrogens with one attached hydrogen (secondary N) is 1. The van der Waals surface area contributed by atoms with Gasteiger partial charge in [-0.15, -0.1) is 0 Å². The van der Waals surface area contributed by atoms with Gasteiger partial charge < -0.3 is 18.9 Å². The van der Waals surface area contributed by atoms with Crippen molar-refractivity contribution in [3.63, 3.8) is 0 Å². The van der Waals surface area contributed by atoms with Crippen molar-refractivity contribution in [1.82, 2.24) is 5.43 Å². The molecule has 0 spiro atoms. The maximum Gasteiger partial charge on any atom is 0.284 e. The van der Waals surface area contributed by atoms with Gasteiger partial charge in [-0.25, -0.2) is 5.43 Å². The molecule has 0 radical (unpaired) electrons. The van der Waals surface area contributed by atoms with Gasteiger partial charge in [0.25, 0.3) is 5.91 Å². The van der Waals surface area contributed by atoms with Crippen LogP contribution in [0, 0.1) is 0 Å². The summed E-state index contributed by atoms with van der Waals surface area (Å²) < 4.78 is 21.9. The minimum atomic E-state index is -0.717. The minimum absolute atomic E-state index is 0.161. The van der Waals surface area contributed by atoms with Crippen LogP contribution in [0.1, 0.15) is 18.9 Å². The standard InChI is InChI=1S/C20H20N2O5/c1-13(6-7-14-8-9-16-18(10-14)26-12-25-16)21-22-20(23)19-11-24-15-4-2-3-5-17(15)27-19/h2-5,8-10,19H,6-7,11-12H2,1H3,(H,22,23)/b21-13+. The molecule has 1 N–H and O–H groups in total. The molecule has 2 aromatic rings. The van der Waals surface area contributed by atoms with Crippen LogP contribution in [0.2, 0.25) is 0 Å². The van der Waals surface area contributed by atoms with E-state index in [0.717, 1.165) is 29.2 Å². The van der Waals surface area contributed by atoms with E-state index in [0.29, 0.717) is 17.9 Å². The molecule has 1 unspecified atom stereocenters. The number of hydrogen-bond acceptors (Lipinski definition) is 6. The molecule has 0 saturated heterocycles. The fourth-order valence-corrected chi connectivity index (χ4v) is 2.85. The van der Waals surface area contributed by atoms with Crippen LogP contribution in [0.5, 0.6) is 23.0 Å². The van der Waals surface area contributed by atoms with Crippen LogP contribution in [-0.4, -0.2) is 31.1 Å². The Morgan fingerprint density at radius 1 is 1.07 bits per heavy atom. The van der Waals surface area contributed by atoms with Crippen LogP contribution >= 0.6 is 0 Å². The molecule has 1 atom stereocenters. The largest absolute Gasteiger partial charge is 0.485 e. The molecule has 140 valence electrons. The second-order valence-corrected chi connectivity index (χ2v) is 6.37. The van der Waals surface area contributed by atoms with Crippen molar-refractivity contribution < 1.29 is 23.7 Å². The fraction of sp³-hybridized carbons (Fsp3) is 0.300. The number of carbonyl (C=O) groups is 1. The van der Waals surface area contributed by atoms with Gasteiger partial charge in [-0.05, 0) is 49.6 Å². The van der Waals surface area contributed by atoms with E-state index in [1.165, 1.54) is 0 Å². The smallest absolute Gasteiger partial charge is 0.284 e.